The minimum absolute atomic E-state index is 0.0473. The highest BCUT2D eigenvalue weighted by Crippen LogP contribution is 2.24. The third kappa shape index (κ3) is 2.21. The molecule has 0 saturated carbocycles. The summed E-state index contributed by atoms with van der Waals surface area (Å²) in [5.74, 6) is 0.153. The maximum absolute atomic E-state index is 12.3. The predicted molar refractivity (Wildman–Crippen MR) is 72.3 cm³/mol. The maximum Gasteiger partial charge on any atom is 0.321 e. The second-order valence-corrected chi connectivity index (χ2v) is 5.17. The molecule has 100 valence electrons. The van der Waals surface area contributed by atoms with E-state index in [9.17, 15) is 9.59 Å². The Morgan fingerprint density at radius 3 is 3.00 bits per heavy atom. The molecule has 1 fully saturated rings. The number of hydrogen-bond acceptors (Lipinski definition) is 3. The van der Waals surface area contributed by atoms with Gasteiger partial charge in [0.25, 0.3) is 0 Å². The fourth-order valence-electron chi connectivity index (χ4n) is 2.65. The molecular formula is C14H17N3O2. The van der Waals surface area contributed by atoms with E-state index in [-0.39, 0.29) is 17.9 Å². The Bertz CT molecular complexity index is 535. The molecule has 1 unspecified atom stereocenters. The molecule has 5 nitrogen and oxygen atoms in total. The van der Waals surface area contributed by atoms with Gasteiger partial charge in [-0.05, 0) is 43.1 Å². The van der Waals surface area contributed by atoms with E-state index in [2.05, 4.69) is 10.6 Å². The van der Waals surface area contributed by atoms with Crippen molar-refractivity contribution in [1.29, 1.82) is 0 Å². The first kappa shape index (κ1) is 12.2. The summed E-state index contributed by atoms with van der Waals surface area (Å²) in [5.41, 5.74) is 2.52. The van der Waals surface area contributed by atoms with E-state index in [1.54, 1.807) is 18.0 Å². The van der Waals surface area contributed by atoms with Gasteiger partial charge in [0.05, 0.1) is 6.04 Å². The third-order valence-corrected chi connectivity index (χ3v) is 3.76. The molecule has 0 aromatic heterocycles. The normalized spacial score (nSPS) is 22.1. The van der Waals surface area contributed by atoms with E-state index >= 15 is 0 Å². The van der Waals surface area contributed by atoms with E-state index in [0.29, 0.717) is 6.54 Å². The van der Waals surface area contributed by atoms with Gasteiger partial charge in [-0.25, -0.2) is 4.79 Å². The predicted octanol–water partition coefficient (Wildman–Crippen LogP) is 1.60. The standard InChI is InChI=1S/C14H17N3O2/c1-17-8-10-7-9(4-5-11(10)16-14(17)19)13(18)12-3-2-6-15-12/h4-5,7,12,15H,2-3,6,8H2,1H3,(H,16,19). The lowest BCUT2D eigenvalue weighted by Crippen LogP contribution is -2.36. The van der Waals surface area contributed by atoms with Crippen LogP contribution < -0.4 is 10.6 Å². The number of fused-ring (bicyclic) bond motifs is 1. The van der Waals surface area contributed by atoms with Crippen molar-refractivity contribution in [3.8, 4) is 0 Å². The molecular weight excluding hydrogens is 242 g/mol. The molecule has 19 heavy (non-hydrogen) atoms. The third-order valence-electron chi connectivity index (χ3n) is 3.76. The number of benzene rings is 1. The molecule has 2 aliphatic heterocycles. The molecule has 1 aromatic carbocycles. The van der Waals surface area contributed by atoms with Crippen molar-refractivity contribution in [3.63, 3.8) is 0 Å². The lowest BCUT2D eigenvalue weighted by molar-refractivity contribution is 0.0952. The Morgan fingerprint density at radius 1 is 1.42 bits per heavy atom. The van der Waals surface area contributed by atoms with Crippen LogP contribution in [0.4, 0.5) is 10.5 Å². The summed E-state index contributed by atoms with van der Waals surface area (Å²) >= 11 is 0. The van der Waals surface area contributed by atoms with Gasteiger partial charge in [-0.15, -0.1) is 0 Å². The van der Waals surface area contributed by atoms with Crippen LogP contribution in [0.3, 0.4) is 0 Å². The number of nitrogens with one attached hydrogen (secondary N) is 2. The van der Waals surface area contributed by atoms with Gasteiger partial charge in [0, 0.05) is 24.8 Å². The van der Waals surface area contributed by atoms with Crippen LogP contribution in [0, 0.1) is 0 Å². The summed E-state index contributed by atoms with van der Waals surface area (Å²) in [5, 5.41) is 6.03. The van der Waals surface area contributed by atoms with Crippen LogP contribution in [0.15, 0.2) is 18.2 Å². The van der Waals surface area contributed by atoms with Crippen LogP contribution in [-0.4, -0.2) is 36.3 Å². The van der Waals surface area contributed by atoms with Crippen molar-refractivity contribution in [1.82, 2.24) is 10.2 Å². The number of ketones is 1. The van der Waals surface area contributed by atoms with Gasteiger partial charge in [0.2, 0.25) is 0 Å². The van der Waals surface area contributed by atoms with Crippen LogP contribution in [0.2, 0.25) is 0 Å². The van der Waals surface area contributed by atoms with Crippen molar-refractivity contribution >= 4 is 17.5 Å². The minimum atomic E-state index is -0.107. The van der Waals surface area contributed by atoms with Gasteiger partial charge in [0.15, 0.2) is 5.78 Å². The zero-order valence-electron chi connectivity index (χ0n) is 10.9. The molecule has 0 bridgehead atoms. The number of carbonyl (C=O) groups is 2. The average Bonchev–Trinajstić information content (AvgIpc) is 2.93. The van der Waals surface area contributed by atoms with E-state index in [1.165, 1.54) is 0 Å². The number of amides is 2. The SMILES string of the molecule is CN1Cc2cc(C(=O)C3CCCN3)ccc2NC1=O. The summed E-state index contributed by atoms with van der Waals surface area (Å²) in [4.78, 5) is 25.4. The fourth-order valence-corrected chi connectivity index (χ4v) is 2.65. The van der Waals surface area contributed by atoms with Gasteiger partial charge in [0.1, 0.15) is 0 Å². The van der Waals surface area contributed by atoms with Gasteiger partial charge in [-0.3, -0.25) is 4.79 Å². The number of Topliss-reactive ketones (excluding diaryl/α,β-unsaturated/α-hetero) is 1. The first-order valence-corrected chi connectivity index (χ1v) is 6.58. The zero-order chi connectivity index (χ0) is 13.4. The summed E-state index contributed by atoms with van der Waals surface area (Å²) < 4.78 is 0. The Morgan fingerprint density at radius 2 is 2.26 bits per heavy atom. The maximum atomic E-state index is 12.3. The van der Waals surface area contributed by atoms with E-state index in [1.807, 2.05) is 12.1 Å². The Labute approximate surface area is 112 Å². The lowest BCUT2D eigenvalue weighted by atomic mass is 9.99. The second-order valence-electron chi connectivity index (χ2n) is 5.17. The number of urea groups is 1. The monoisotopic (exact) mass is 259 g/mol. The Kier molecular flexibility index (Phi) is 2.98. The van der Waals surface area contributed by atoms with Crippen LogP contribution >= 0.6 is 0 Å². The molecule has 3 rings (SSSR count). The molecule has 2 heterocycles. The van der Waals surface area contributed by atoms with E-state index in [4.69, 9.17) is 0 Å². The van der Waals surface area contributed by atoms with E-state index < -0.39 is 0 Å². The zero-order valence-corrected chi connectivity index (χ0v) is 10.9. The van der Waals surface area contributed by atoms with Crippen molar-refractivity contribution in [2.75, 3.05) is 18.9 Å². The molecule has 2 N–H and O–H groups in total. The molecule has 0 radical (unpaired) electrons. The lowest BCUT2D eigenvalue weighted by Gasteiger charge is -2.26. The van der Waals surface area contributed by atoms with Crippen LogP contribution in [0.1, 0.15) is 28.8 Å². The van der Waals surface area contributed by atoms with Crippen LogP contribution in [0.25, 0.3) is 0 Å². The summed E-state index contributed by atoms with van der Waals surface area (Å²) in [6.07, 6.45) is 1.96. The van der Waals surface area contributed by atoms with Gasteiger partial charge >= 0.3 is 6.03 Å². The average molecular weight is 259 g/mol. The minimum Gasteiger partial charge on any atom is -0.323 e. The number of nitrogens with zero attached hydrogens (tertiary/aromatic N) is 1. The Balaban J connectivity index is 1.87. The first-order chi connectivity index (χ1) is 9.15. The second kappa shape index (κ2) is 4.66. The number of anilines is 1. The largest absolute Gasteiger partial charge is 0.323 e. The van der Waals surface area contributed by atoms with Gasteiger partial charge < -0.3 is 15.5 Å². The number of rotatable bonds is 2. The molecule has 2 aliphatic rings. The highest BCUT2D eigenvalue weighted by atomic mass is 16.2. The number of hydrogen-bond donors (Lipinski definition) is 2. The van der Waals surface area contributed by atoms with Crippen molar-refractivity contribution in [3.05, 3.63) is 29.3 Å². The molecule has 1 saturated heterocycles. The molecule has 5 heteroatoms. The quantitative estimate of drug-likeness (QED) is 0.793. The van der Waals surface area contributed by atoms with Crippen molar-refractivity contribution < 1.29 is 9.59 Å². The molecule has 1 atom stereocenters. The Hall–Kier alpha value is -1.88. The highest BCUT2D eigenvalue weighted by molar-refractivity contribution is 6.01. The van der Waals surface area contributed by atoms with Crippen molar-refractivity contribution in [2.45, 2.75) is 25.4 Å². The van der Waals surface area contributed by atoms with Crippen LogP contribution in [-0.2, 0) is 6.54 Å². The fraction of sp³-hybridized carbons (Fsp3) is 0.429. The molecule has 0 spiro atoms. The summed E-state index contributed by atoms with van der Waals surface area (Å²) in [6.45, 7) is 1.46. The van der Waals surface area contributed by atoms with Gasteiger partial charge in [-0.2, -0.15) is 0 Å². The van der Waals surface area contributed by atoms with Crippen molar-refractivity contribution in [2.24, 2.45) is 0 Å². The summed E-state index contributed by atoms with van der Waals surface area (Å²) in [6, 6.07) is 5.36. The number of carbonyl (C=O) groups excluding carboxylic acids is 2. The molecule has 1 aromatic rings. The summed E-state index contributed by atoms with van der Waals surface area (Å²) in [7, 11) is 1.74. The van der Waals surface area contributed by atoms with E-state index in [0.717, 1.165) is 36.2 Å². The highest BCUT2D eigenvalue weighted by Gasteiger charge is 2.25. The molecule has 2 amide bonds. The van der Waals surface area contributed by atoms with Crippen LogP contribution in [0.5, 0.6) is 0 Å². The first-order valence-electron chi connectivity index (χ1n) is 6.58. The topological polar surface area (TPSA) is 61.4 Å². The smallest absolute Gasteiger partial charge is 0.321 e. The van der Waals surface area contributed by atoms with Gasteiger partial charge in [-0.1, -0.05) is 0 Å². The molecule has 0 aliphatic carbocycles.